The molecule has 1 heteroatoms. The van der Waals surface area contributed by atoms with E-state index < -0.39 is 0 Å². The molecule has 2 aliphatic rings. The molecule has 2 rings (SSSR count). The van der Waals surface area contributed by atoms with Crippen molar-refractivity contribution >= 4 is 5.78 Å². The molecular weight excluding hydrogens is 136 g/mol. The molecule has 60 valence electrons. The third-order valence-corrected chi connectivity index (χ3v) is 2.99. The highest BCUT2D eigenvalue weighted by atomic mass is 16.1. The van der Waals surface area contributed by atoms with Crippen LogP contribution in [-0.2, 0) is 4.79 Å². The highest BCUT2D eigenvalue weighted by Gasteiger charge is 2.32. The van der Waals surface area contributed by atoms with Crippen LogP contribution in [0.5, 0.6) is 0 Å². The standard InChI is InChI=1S/C10H14O/c1-7-6-10(11)9-5-3-2-4-8(7)9/h9H,2-6H2,1H3. The molecule has 1 unspecified atom stereocenters. The molecule has 0 aromatic rings. The van der Waals surface area contributed by atoms with Crippen molar-refractivity contribution in [3.05, 3.63) is 11.1 Å². The van der Waals surface area contributed by atoms with E-state index in [1.807, 2.05) is 0 Å². The van der Waals surface area contributed by atoms with Gasteiger partial charge in [0.05, 0.1) is 0 Å². The molecule has 1 nitrogen and oxygen atoms in total. The molecule has 0 saturated heterocycles. The van der Waals surface area contributed by atoms with Crippen molar-refractivity contribution < 1.29 is 4.79 Å². The molecule has 1 atom stereocenters. The predicted molar refractivity (Wildman–Crippen MR) is 44.3 cm³/mol. The minimum absolute atomic E-state index is 0.351. The molecule has 0 radical (unpaired) electrons. The lowest BCUT2D eigenvalue weighted by atomic mass is 9.85. The average Bonchev–Trinajstić information content (AvgIpc) is 2.30. The maximum absolute atomic E-state index is 11.4. The van der Waals surface area contributed by atoms with Gasteiger partial charge in [-0.05, 0) is 26.2 Å². The van der Waals surface area contributed by atoms with Crippen LogP contribution < -0.4 is 0 Å². The SMILES string of the molecule is CC1=C2CCCCC2C(=O)C1. The minimum atomic E-state index is 0.351. The Hall–Kier alpha value is -0.590. The maximum atomic E-state index is 11.4. The van der Waals surface area contributed by atoms with Crippen LogP contribution in [0.2, 0.25) is 0 Å². The molecule has 0 aromatic heterocycles. The van der Waals surface area contributed by atoms with Crippen LogP contribution in [0.4, 0.5) is 0 Å². The van der Waals surface area contributed by atoms with E-state index in [1.54, 1.807) is 0 Å². The Morgan fingerprint density at radius 1 is 1.36 bits per heavy atom. The van der Waals surface area contributed by atoms with Crippen LogP contribution in [0, 0.1) is 5.92 Å². The van der Waals surface area contributed by atoms with Crippen LogP contribution in [0.25, 0.3) is 0 Å². The number of rotatable bonds is 0. The van der Waals surface area contributed by atoms with Crippen LogP contribution >= 0.6 is 0 Å². The lowest BCUT2D eigenvalue weighted by Crippen LogP contribution is -2.13. The van der Waals surface area contributed by atoms with Crippen molar-refractivity contribution in [2.24, 2.45) is 5.92 Å². The smallest absolute Gasteiger partial charge is 0.144 e. The fourth-order valence-electron chi connectivity index (χ4n) is 2.38. The van der Waals surface area contributed by atoms with E-state index in [0.29, 0.717) is 11.7 Å². The molecule has 0 heterocycles. The maximum Gasteiger partial charge on any atom is 0.144 e. The van der Waals surface area contributed by atoms with Gasteiger partial charge in [-0.25, -0.2) is 0 Å². The number of hydrogen-bond acceptors (Lipinski definition) is 1. The van der Waals surface area contributed by atoms with Crippen molar-refractivity contribution in [3.63, 3.8) is 0 Å². The Morgan fingerprint density at radius 3 is 2.91 bits per heavy atom. The normalized spacial score (nSPS) is 31.0. The monoisotopic (exact) mass is 150 g/mol. The summed E-state index contributed by atoms with van der Waals surface area (Å²) in [4.78, 5) is 11.4. The summed E-state index contributed by atoms with van der Waals surface area (Å²) in [6.45, 7) is 2.12. The van der Waals surface area contributed by atoms with Crippen molar-refractivity contribution in [2.75, 3.05) is 0 Å². The Balaban J connectivity index is 2.27. The number of fused-ring (bicyclic) bond motifs is 1. The zero-order valence-corrected chi connectivity index (χ0v) is 7.02. The van der Waals surface area contributed by atoms with Crippen molar-refractivity contribution in [3.8, 4) is 0 Å². The van der Waals surface area contributed by atoms with Gasteiger partial charge in [0.1, 0.15) is 5.78 Å². The zero-order valence-electron chi connectivity index (χ0n) is 7.02. The van der Waals surface area contributed by atoms with Crippen molar-refractivity contribution in [1.82, 2.24) is 0 Å². The summed E-state index contributed by atoms with van der Waals surface area (Å²) in [5, 5.41) is 0. The summed E-state index contributed by atoms with van der Waals surface area (Å²) >= 11 is 0. The highest BCUT2D eigenvalue weighted by molar-refractivity contribution is 5.89. The Kier molecular flexibility index (Phi) is 1.59. The van der Waals surface area contributed by atoms with Gasteiger partial charge in [0.15, 0.2) is 0 Å². The van der Waals surface area contributed by atoms with Crippen LogP contribution in [0.1, 0.15) is 39.0 Å². The molecule has 1 fully saturated rings. The summed E-state index contributed by atoms with van der Waals surface area (Å²) in [6.07, 6.45) is 5.64. The Labute approximate surface area is 67.5 Å². The van der Waals surface area contributed by atoms with E-state index in [4.69, 9.17) is 0 Å². The molecule has 0 N–H and O–H groups in total. The van der Waals surface area contributed by atoms with Gasteiger partial charge in [0, 0.05) is 12.3 Å². The molecule has 0 aromatic carbocycles. The van der Waals surface area contributed by atoms with Crippen molar-refractivity contribution in [1.29, 1.82) is 0 Å². The number of carbonyl (C=O) groups is 1. The third kappa shape index (κ3) is 1.03. The second kappa shape index (κ2) is 2.47. The first-order valence-electron chi connectivity index (χ1n) is 4.50. The summed E-state index contributed by atoms with van der Waals surface area (Å²) in [5.41, 5.74) is 2.86. The van der Waals surface area contributed by atoms with Gasteiger partial charge < -0.3 is 0 Å². The molecule has 0 spiro atoms. The van der Waals surface area contributed by atoms with E-state index in [9.17, 15) is 4.79 Å². The Morgan fingerprint density at radius 2 is 2.18 bits per heavy atom. The van der Waals surface area contributed by atoms with E-state index in [1.165, 1.54) is 30.4 Å². The van der Waals surface area contributed by atoms with Gasteiger partial charge >= 0.3 is 0 Å². The Bertz CT molecular complexity index is 225. The van der Waals surface area contributed by atoms with E-state index in [2.05, 4.69) is 6.92 Å². The summed E-state index contributed by atoms with van der Waals surface area (Å²) < 4.78 is 0. The lowest BCUT2D eigenvalue weighted by Gasteiger charge is -2.19. The van der Waals surface area contributed by atoms with Crippen LogP contribution in [0.3, 0.4) is 0 Å². The summed E-state index contributed by atoms with van der Waals surface area (Å²) in [6, 6.07) is 0. The second-order valence-electron chi connectivity index (χ2n) is 3.75. The minimum Gasteiger partial charge on any atom is -0.299 e. The third-order valence-electron chi connectivity index (χ3n) is 2.99. The summed E-state index contributed by atoms with van der Waals surface area (Å²) in [5.74, 6) is 0.834. The van der Waals surface area contributed by atoms with Gasteiger partial charge in [0.2, 0.25) is 0 Å². The lowest BCUT2D eigenvalue weighted by molar-refractivity contribution is -0.120. The van der Waals surface area contributed by atoms with E-state index >= 15 is 0 Å². The topological polar surface area (TPSA) is 17.1 Å². The summed E-state index contributed by atoms with van der Waals surface area (Å²) in [7, 11) is 0. The van der Waals surface area contributed by atoms with Gasteiger partial charge in [-0.3, -0.25) is 4.79 Å². The number of allylic oxidation sites excluding steroid dienone is 2. The molecule has 2 aliphatic carbocycles. The molecular formula is C10H14O. The first-order chi connectivity index (χ1) is 5.29. The number of hydrogen-bond donors (Lipinski definition) is 0. The zero-order chi connectivity index (χ0) is 7.84. The van der Waals surface area contributed by atoms with Gasteiger partial charge in [-0.15, -0.1) is 0 Å². The van der Waals surface area contributed by atoms with E-state index in [0.717, 1.165) is 12.8 Å². The fraction of sp³-hybridized carbons (Fsp3) is 0.700. The fourth-order valence-corrected chi connectivity index (χ4v) is 2.38. The highest BCUT2D eigenvalue weighted by Crippen LogP contribution is 2.39. The van der Waals surface area contributed by atoms with Gasteiger partial charge in [-0.2, -0.15) is 0 Å². The van der Waals surface area contributed by atoms with Crippen molar-refractivity contribution in [2.45, 2.75) is 39.0 Å². The van der Waals surface area contributed by atoms with Gasteiger partial charge in [-0.1, -0.05) is 17.6 Å². The van der Waals surface area contributed by atoms with E-state index in [-0.39, 0.29) is 0 Å². The molecule has 0 aliphatic heterocycles. The number of ketones is 1. The van der Waals surface area contributed by atoms with Gasteiger partial charge in [0.25, 0.3) is 0 Å². The molecule has 11 heavy (non-hydrogen) atoms. The average molecular weight is 150 g/mol. The first-order valence-corrected chi connectivity index (χ1v) is 4.50. The molecule has 0 amide bonds. The largest absolute Gasteiger partial charge is 0.299 e. The van der Waals surface area contributed by atoms with Crippen LogP contribution in [-0.4, -0.2) is 5.78 Å². The number of Topliss-reactive ketones (excluding diaryl/α,β-unsaturated/α-hetero) is 1. The first kappa shape index (κ1) is 7.08. The molecule has 1 saturated carbocycles. The predicted octanol–water partition coefficient (Wildman–Crippen LogP) is 2.47. The number of carbonyl (C=O) groups excluding carboxylic acids is 1. The quantitative estimate of drug-likeness (QED) is 0.485. The molecule has 0 bridgehead atoms. The second-order valence-corrected chi connectivity index (χ2v) is 3.75. The van der Waals surface area contributed by atoms with Crippen LogP contribution in [0.15, 0.2) is 11.1 Å².